The number of aliphatic hydroxyl groups excluding tert-OH is 4. The average molecular weight is 523 g/mol. The minimum atomic E-state index is -2.06. The second-order valence-electron chi connectivity index (χ2n) is 9.53. The standard InChI is InChI=1S/C25H30O12/c1-24(32)16(36-17(28)8-7-13-5-3-2-4-6-13)9-25(33)14(10-26)12-34-23(21(24)25)37-22-20(31)19(30)18(29)15(11-27)35-22/h2-8,10,12,15-16,18-23,27,29-33H,9,11H2,1H3/t15-,16+,18-,19+,20-,21-,22+,23+,24+,25+/m1/s1. The summed E-state index contributed by atoms with van der Waals surface area (Å²) in [7, 11) is 0. The first-order valence-corrected chi connectivity index (χ1v) is 11.7. The zero-order chi connectivity index (χ0) is 27.0. The second-order valence-corrected chi connectivity index (χ2v) is 9.53. The van der Waals surface area contributed by atoms with E-state index in [0.717, 1.165) is 17.9 Å². The van der Waals surface area contributed by atoms with Crippen LogP contribution in [0.25, 0.3) is 6.08 Å². The Bertz CT molecular complexity index is 1040. The van der Waals surface area contributed by atoms with E-state index in [4.69, 9.17) is 18.9 Å². The summed E-state index contributed by atoms with van der Waals surface area (Å²) in [5, 5.41) is 62.7. The van der Waals surface area contributed by atoms with Gasteiger partial charge in [0.05, 0.1) is 24.4 Å². The molecular weight excluding hydrogens is 492 g/mol. The fourth-order valence-electron chi connectivity index (χ4n) is 5.04. The zero-order valence-corrected chi connectivity index (χ0v) is 19.9. The Kier molecular flexibility index (Phi) is 7.83. The summed E-state index contributed by atoms with van der Waals surface area (Å²) in [6.45, 7) is 0.570. The van der Waals surface area contributed by atoms with Crippen LogP contribution in [-0.2, 0) is 28.5 Å². The number of ether oxygens (including phenoxy) is 4. The van der Waals surface area contributed by atoms with Gasteiger partial charge < -0.3 is 49.6 Å². The molecule has 3 aliphatic rings. The van der Waals surface area contributed by atoms with Gasteiger partial charge in [0.25, 0.3) is 0 Å². The predicted molar refractivity (Wildman–Crippen MR) is 123 cm³/mol. The Balaban J connectivity index is 1.56. The van der Waals surface area contributed by atoms with Crippen LogP contribution in [0, 0.1) is 5.92 Å². The Morgan fingerprint density at radius 2 is 1.81 bits per heavy atom. The number of rotatable bonds is 7. The first-order chi connectivity index (χ1) is 17.5. The SMILES string of the molecule is C[C@]1(O)[C@@H](OC(=O)C=Cc2ccccc2)C[C@]2(O)C(C=O)=CO[C@@H](O[C@@H]3O[C@H](CO)[C@@H](O)[C@H](O)[C@H]3O)[C@H]12. The fraction of sp³-hybridized carbons (Fsp3) is 0.520. The molecule has 0 radical (unpaired) electrons. The molecule has 0 unspecified atom stereocenters. The molecular formula is C25H30O12. The summed E-state index contributed by atoms with van der Waals surface area (Å²) >= 11 is 0. The van der Waals surface area contributed by atoms with Crippen LogP contribution in [-0.4, -0.2) is 104 Å². The molecule has 202 valence electrons. The van der Waals surface area contributed by atoms with Crippen molar-refractivity contribution in [3.8, 4) is 0 Å². The van der Waals surface area contributed by atoms with E-state index in [9.17, 15) is 40.2 Å². The topological polar surface area (TPSA) is 192 Å². The molecule has 2 heterocycles. The maximum absolute atomic E-state index is 12.5. The van der Waals surface area contributed by atoms with Gasteiger partial charge in [-0.25, -0.2) is 4.79 Å². The summed E-state index contributed by atoms with van der Waals surface area (Å²) in [6.07, 6.45) is -7.39. The van der Waals surface area contributed by atoms with Crippen molar-refractivity contribution in [2.24, 2.45) is 5.92 Å². The molecule has 1 saturated carbocycles. The van der Waals surface area contributed by atoms with Gasteiger partial charge in [-0.2, -0.15) is 0 Å². The van der Waals surface area contributed by atoms with Crippen LogP contribution in [0.3, 0.4) is 0 Å². The molecule has 0 spiro atoms. The fourth-order valence-corrected chi connectivity index (χ4v) is 5.04. The van der Waals surface area contributed by atoms with Crippen molar-refractivity contribution in [3.63, 3.8) is 0 Å². The number of carbonyl (C=O) groups excluding carboxylic acids is 2. The summed E-state index contributed by atoms with van der Waals surface area (Å²) in [5.74, 6) is -2.23. The molecule has 1 saturated heterocycles. The number of aliphatic hydroxyl groups is 6. The number of carbonyl (C=O) groups is 2. The average Bonchev–Trinajstić information content (AvgIpc) is 3.08. The van der Waals surface area contributed by atoms with Crippen molar-refractivity contribution in [3.05, 3.63) is 53.8 Å². The smallest absolute Gasteiger partial charge is 0.331 e. The molecule has 2 fully saturated rings. The molecule has 1 aliphatic carbocycles. The Morgan fingerprint density at radius 1 is 1.11 bits per heavy atom. The second kappa shape index (κ2) is 10.6. The van der Waals surface area contributed by atoms with E-state index in [2.05, 4.69) is 0 Å². The van der Waals surface area contributed by atoms with Crippen LogP contribution >= 0.6 is 0 Å². The third-order valence-electron chi connectivity index (χ3n) is 7.11. The molecule has 4 rings (SSSR count). The number of hydrogen-bond acceptors (Lipinski definition) is 12. The predicted octanol–water partition coefficient (Wildman–Crippen LogP) is -1.63. The van der Waals surface area contributed by atoms with Crippen LogP contribution in [0.4, 0.5) is 0 Å². The van der Waals surface area contributed by atoms with Gasteiger partial charge in [0.2, 0.25) is 6.29 Å². The number of esters is 1. The Morgan fingerprint density at radius 3 is 2.46 bits per heavy atom. The van der Waals surface area contributed by atoms with Crippen LogP contribution in [0.5, 0.6) is 0 Å². The van der Waals surface area contributed by atoms with E-state index in [1.54, 1.807) is 24.3 Å². The summed E-state index contributed by atoms with van der Waals surface area (Å²) in [4.78, 5) is 24.2. The Hall–Kier alpha value is -2.68. The summed E-state index contributed by atoms with van der Waals surface area (Å²) < 4.78 is 21.9. The number of hydrogen-bond donors (Lipinski definition) is 6. The van der Waals surface area contributed by atoms with Crippen molar-refractivity contribution in [1.82, 2.24) is 0 Å². The minimum absolute atomic E-state index is 0.232. The highest BCUT2D eigenvalue weighted by Crippen LogP contribution is 2.52. The molecule has 6 N–H and O–H groups in total. The van der Waals surface area contributed by atoms with Crippen LogP contribution in [0.15, 0.2) is 48.2 Å². The van der Waals surface area contributed by atoms with Gasteiger partial charge >= 0.3 is 5.97 Å². The number of fused-ring (bicyclic) bond motifs is 1. The molecule has 0 bridgehead atoms. The van der Waals surface area contributed by atoms with Gasteiger partial charge in [-0.1, -0.05) is 30.3 Å². The van der Waals surface area contributed by atoms with Crippen molar-refractivity contribution in [1.29, 1.82) is 0 Å². The van der Waals surface area contributed by atoms with Gasteiger partial charge in [0.15, 0.2) is 12.6 Å². The van der Waals surface area contributed by atoms with Crippen molar-refractivity contribution in [2.75, 3.05) is 6.61 Å². The minimum Gasteiger partial charge on any atom is -0.471 e. The zero-order valence-electron chi connectivity index (χ0n) is 19.9. The van der Waals surface area contributed by atoms with E-state index >= 15 is 0 Å². The highest BCUT2D eigenvalue weighted by Gasteiger charge is 2.68. The lowest BCUT2D eigenvalue weighted by molar-refractivity contribution is -0.352. The van der Waals surface area contributed by atoms with E-state index in [0.29, 0.717) is 6.29 Å². The maximum atomic E-state index is 12.5. The largest absolute Gasteiger partial charge is 0.471 e. The van der Waals surface area contributed by atoms with E-state index in [1.165, 1.54) is 13.0 Å². The molecule has 0 amide bonds. The number of aldehydes is 1. The lowest BCUT2D eigenvalue weighted by Gasteiger charge is -2.46. The molecule has 2 aliphatic heterocycles. The highest BCUT2D eigenvalue weighted by atomic mass is 16.8. The number of benzene rings is 1. The molecule has 0 aromatic heterocycles. The normalized spacial score (nSPS) is 41.5. The van der Waals surface area contributed by atoms with Gasteiger partial charge in [0.1, 0.15) is 41.7 Å². The van der Waals surface area contributed by atoms with E-state index < -0.39 is 72.8 Å². The van der Waals surface area contributed by atoms with Crippen molar-refractivity contribution < 1.29 is 59.2 Å². The first-order valence-electron chi connectivity index (χ1n) is 11.7. The molecule has 10 atom stereocenters. The van der Waals surface area contributed by atoms with Crippen molar-refractivity contribution in [2.45, 2.75) is 67.6 Å². The van der Waals surface area contributed by atoms with Gasteiger partial charge in [-0.15, -0.1) is 0 Å². The van der Waals surface area contributed by atoms with Gasteiger partial charge in [-0.3, -0.25) is 4.79 Å². The molecule has 37 heavy (non-hydrogen) atoms. The quantitative estimate of drug-likeness (QED) is 0.136. The van der Waals surface area contributed by atoms with Gasteiger partial charge in [0, 0.05) is 12.5 Å². The third kappa shape index (κ3) is 5.07. The first kappa shape index (κ1) is 27.4. The van der Waals surface area contributed by atoms with E-state index in [1.807, 2.05) is 6.07 Å². The summed E-state index contributed by atoms with van der Waals surface area (Å²) in [5.41, 5.74) is -3.56. The maximum Gasteiger partial charge on any atom is 0.331 e. The van der Waals surface area contributed by atoms with Crippen LogP contribution < -0.4 is 0 Å². The van der Waals surface area contributed by atoms with Crippen molar-refractivity contribution >= 4 is 18.3 Å². The molecule has 1 aromatic carbocycles. The Labute approximate surface area is 212 Å². The molecule has 12 heteroatoms. The van der Waals surface area contributed by atoms with Crippen LogP contribution in [0.1, 0.15) is 18.9 Å². The molecule has 12 nitrogen and oxygen atoms in total. The lowest BCUT2D eigenvalue weighted by atomic mass is 9.78. The lowest BCUT2D eigenvalue weighted by Crippen LogP contribution is -2.62. The highest BCUT2D eigenvalue weighted by molar-refractivity contribution is 5.87. The monoisotopic (exact) mass is 522 g/mol. The van der Waals surface area contributed by atoms with Crippen LogP contribution in [0.2, 0.25) is 0 Å². The van der Waals surface area contributed by atoms with Gasteiger partial charge in [-0.05, 0) is 18.6 Å². The third-order valence-corrected chi connectivity index (χ3v) is 7.11. The summed E-state index contributed by atoms with van der Waals surface area (Å²) in [6, 6.07) is 8.93. The molecule has 1 aromatic rings. The van der Waals surface area contributed by atoms with E-state index in [-0.39, 0.29) is 12.0 Å².